The molecule has 2 rings (SSSR count). The molecule has 1 aliphatic heterocycles. The van der Waals surface area contributed by atoms with Crippen LogP contribution in [0.3, 0.4) is 0 Å². The van der Waals surface area contributed by atoms with Crippen molar-refractivity contribution in [3.05, 3.63) is 12.2 Å². The van der Waals surface area contributed by atoms with Crippen LogP contribution in [0.5, 0.6) is 0 Å². The van der Waals surface area contributed by atoms with Gasteiger partial charge in [-0.05, 0) is 19.9 Å². The highest BCUT2D eigenvalue weighted by molar-refractivity contribution is 7.90. The van der Waals surface area contributed by atoms with Crippen LogP contribution in [-0.2, 0) is 17.1 Å². The van der Waals surface area contributed by atoms with E-state index in [-0.39, 0.29) is 11.3 Å². The Morgan fingerprint density at radius 3 is 2.94 bits per heavy atom. The van der Waals surface area contributed by atoms with Gasteiger partial charge in [0.25, 0.3) is 0 Å². The first kappa shape index (κ1) is 12.5. The van der Waals surface area contributed by atoms with Gasteiger partial charge in [-0.15, -0.1) is 10.2 Å². The number of aromatic nitrogens is 3. The van der Waals surface area contributed by atoms with Gasteiger partial charge in [-0.3, -0.25) is 0 Å². The topological polar surface area (TPSA) is 88.9 Å². The number of rotatable bonds is 4. The minimum absolute atomic E-state index is 0.349. The molecule has 1 fully saturated rings. The quantitative estimate of drug-likeness (QED) is 0.736. The molecule has 0 spiro atoms. The molecule has 0 saturated carbocycles. The molecule has 7 nitrogen and oxygen atoms in total. The summed E-state index contributed by atoms with van der Waals surface area (Å²) in [6.45, 7) is 3.04. The van der Waals surface area contributed by atoms with Crippen molar-refractivity contribution in [1.29, 1.82) is 0 Å². The zero-order valence-corrected chi connectivity index (χ0v) is 10.7. The highest BCUT2D eigenvalue weighted by Crippen LogP contribution is 2.14. The van der Waals surface area contributed by atoms with Gasteiger partial charge in [-0.25, -0.2) is 13.1 Å². The maximum atomic E-state index is 12.0. The highest BCUT2D eigenvalue weighted by Gasteiger charge is 2.30. The van der Waals surface area contributed by atoms with Gasteiger partial charge in [0.15, 0.2) is 0 Å². The Labute approximate surface area is 101 Å². The van der Waals surface area contributed by atoms with E-state index in [1.54, 1.807) is 24.9 Å². The average Bonchev–Trinajstić information content (AvgIpc) is 2.85. The molecule has 2 N–H and O–H groups in total. The lowest BCUT2D eigenvalue weighted by molar-refractivity contribution is 0.541. The first-order valence-electron chi connectivity index (χ1n) is 5.56. The van der Waals surface area contributed by atoms with Crippen LogP contribution in [0, 0.1) is 0 Å². The maximum Gasteiger partial charge on any atom is 0.216 e. The van der Waals surface area contributed by atoms with Crippen LogP contribution in [0.15, 0.2) is 6.33 Å². The fourth-order valence-corrected chi connectivity index (χ4v) is 3.53. The summed E-state index contributed by atoms with van der Waals surface area (Å²) in [5.41, 5.74) is 0. The lowest BCUT2D eigenvalue weighted by atomic mass is 10.3. The van der Waals surface area contributed by atoms with Gasteiger partial charge < -0.3 is 9.88 Å². The molecule has 8 heteroatoms. The third kappa shape index (κ3) is 2.64. The lowest BCUT2D eigenvalue weighted by Gasteiger charge is -2.16. The largest absolute Gasteiger partial charge is 0.319 e. The average molecular weight is 259 g/mol. The standard InChI is InChI=1S/C9H17N5O2S/c1-7(9-12-11-6-14(9)2)13-17(15,16)8-3-4-10-5-8/h6-8,10,13H,3-5H2,1-2H3. The monoisotopic (exact) mass is 259 g/mol. The van der Waals surface area contributed by atoms with Gasteiger partial charge in [0, 0.05) is 13.6 Å². The molecule has 0 aromatic carbocycles. The minimum atomic E-state index is -3.30. The Morgan fingerprint density at radius 2 is 2.41 bits per heavy atom. The van der Waals surface area contributed by atoms with E-state index >= 15 is 0 Å². The molecular formula is C9H17N5O2S. The fourth-order valence-electron chi connectivity index (χ4n) is 1.97. The van der Waals surface area contributed by atoms with Crippen LogP contribution < -0.4 is 10.0 Å². The van der Waals surface area contributed by atoms with Gasteiger partial charge in [0.1, 0.15) is 12.2 Å². The Bertz CT molecular complexity index is 477. The van der Waals surface area contributed by atoms with Crippen molar-refractivity contribution < 1.29 is 8.42 Å². The van der Waals surface area contributed by atoms with E-state index in [1.807, 2.05) is 0 Å². The van der Waals surface area contributed by atoms with E-state index in [0.717, 1.165) is 6.54 Å². The molecular weight excluding hydrogens is 242 g/mol. The molecule has 1 aromatic rings. The van der Waals surface area contributed by atoms with Crippen LogP contribution in [0.1, 0.15) is 25.2 Å². The first-order chi connectivity index (χ1) is 8.00. The summed E-state index contributed by atoms with van der Waals surface area (Å²) in [5.74, 6) is 0.611. The van der Waals surface area contributed by atoms with Crippen LogP contribution in [-0.4, -0.2) is 41.5 Å². The lowest BCUT2D eigenvalue weighted by Crippen LogP contribution is -2.37. The predicted octanol–water partition coefficient (Wildman–Crippen LogP) is -0.843. The molecule has 1 aromatic heterocycles. The van der Waals surface area contributed by atoms with Crippen LogP contribution in [0.2, 0.25) is 0 Å². The minimum Gasteiger partial charge on any atom is -0.319 e. The maximum absolute atomic E-state index is 12.0. The third-order valence-electron chi connectivity index (χ3n) is 2.93. The zero-order valence-electron chi connectivity index (χ0n) is 9.92. The van der Waals surface area contributed by atoms with Gasteiger partial charge in [-0.1, -0.05) is 0 Å². The Balaban J connectivity index is 2.08. The van der Waals surface area contributed by atoms with Gasteiger partial charge in [0.2, 0.25) is 10.0 Å². The number of nitrogens with one attached hydrogen (secondary N) is 2. The second kappa shape index (κ2) is 4.71. The van der Waals surface area contributed by atoms with E-state index in [2.05, 4.69) is 20.2 Å². The van der Waals surface area contributed by atoms with Crippen molar-refractivity contribution in [2.45, 2.75) is 24.6 Å². The van der Waals surface area contributed by atoms with E-state index in [9.17, 15) is 8.42 Å². The van der Waals surface area contributed by atoms with Gasteiger partial charge in [0.05, 0.1) is 11.3 Å². The van der Waals surface area contributed by atoms with Crippen molar-refractivity contribution >= 4 is 10.0 Å². The molecule has 1 saturated heterocycles. The number of sulfonamides is 1. The SMILES string of the molecule is CC(NS(=O)(=O)C1CCNC1)c1nncn1C. The molecule has 0 radical (unpaired) electrons. The second-order valence-corrected chi connectivity index (χ2v) is 6.29. The number of hydrogen-bond acceptors (Lipinski definition) is 5. The second-order valence-electron chi connectivity index (χ2n) is 4.30. The summed E-state index contributed by atoms with van der Waals surface area (Å²) >= 11 is 0. The van der Waals surface area contributed by atoms with E-state index in [0.29, 0.717) is 18.8 Å². The zero-order chi connectivity index (χ0) is 12.5. The Morgan fingerprint density at radius 1 is 1.65 bits per heavy atom. The van der Waals surface area contributed by atoms with E-state index in [4.69, 9.17) is 0 Å². The molecule has 96 valence electrons. The molecule has 2 unspecified atom stereocenters. The number of aryl methyl sites for hydroxylation is 1. The van der Waals surface area contributed by atoms with Crippen molar-refractivity contribution in [1.82, 2.24) is 24.8 Å². The van der Waals surface area contributed by atoms with Crippen LogP contribution >= 0.6 is 0 Å². The van der Waals surface area contributed by atoms with Crippen molar-refractivity contribution in [2.24, 2.45) is 7.05 Å². The third-order valence-corrected chi connectivity index (χ3v) is 4.89. The fraction of sp³-hybridized carbons (Fsp3) is 0.778. The summed E-state index contributed by atoms with van der Waals surface area (Å²) in [6, 6.07) is -0.368. The molecule has 1 aliphatic rings. The van der Waals surface area contributed by atoms with E-state index in [1.165, 1.54) is 0 Å². The van der Waals surface area contributed by atoms with Crippen LogP contribution in [0.25, 0.3) is 0 Å². The molecule has 17 heavy (non-hydrogen) atoms. The molecule has 0 aliphatic carbocycles. The van der Waals surface area contributed by atoms with Gasteiger partial charge >= 0.3 is 0 Å². The summed E-state index contributed by atoms with van der Waals surface area (Å²) < 4.78 is 28.4. The van der Waals surface area contributed by atoms with Crippen LogP contribution in [0.4, 0.5) is 0 Å². The summed E-state index contributed by atoms with van der Waals surface area (Å²) in [5, 5.41) is 10.3. The number of nitrogens with zero attached hydrogens (tertiary/aromatic N) is 3. The van der Waals surface area contributed by atoms with Crippen molar-refractivity contribution in [3.8, 4) is 0 Å². The van der Waals surface area contributed by atoms with Gasteiger partial charge in [-0.2, -0.15) is 0 Å². The summed E-state index contributed by atoms with van der Waals surface area (Å²) in [6.07, 6.45) is 2.21. The van der Waals surface area contributed by atoms with E-state index < -0.39 is 10.0 Å². The van der Waals surface area contributed by atoms with Crippen molar-refractivity contribution in [3.63, 3.8) is 0 Å². The Kier molecular flexibility index (Phi) is 3.45. The molecule has 0 bridgehead atoms. The number of hydrogen-bond donors (Lipinski definition) is 2. The molecule has 0 amide bonds. The highest BCUT2D eigenvalue weighted by atomic mass is 32.2. The smallest absolute Gasteiger partial charge is 0.216 e. The Hall–Kier alpha value is -0.990. The first-order valence-corrected chi connectivity index (χ1v) is 7.11. The van der Waals surface area contributed by atoms with Crippen molar-refractivity contribution in [2.75, 3.05) is 13.1 Å². The summed E-state index contributed by atoms with van der Waals surface area (Å²) in [4.78, 5) is 0. The molecule has 2 atom stereocenters. The summed E-state index contributed by atoms with van der Waals surface area (Å²) in [7, 11) is -1.51. The normalized spacial score (nSPS) is 22.8. The molecule has 2 heterocycles. The predicted molar refractivity (Wildman–Crippen MR) is 62.7 cm³/mol.